The highest BCUT2D eigenvalue weighted by Crippen LogP contribution is 2.50. The minimum Gasteiger partial charge on any atom is -0.386 e. The van der Waals surface area contributed by atoms with Gasteiger partial charge in [0.1, 0.15) is 24.6 Å². The zero-order valence-electron chi connectivity index (χ0n) is 14.4. The number of hydrogen-bond donors (Lipinski definition) is 1. The fraction of sp³-hybridized carbons (Fsp3) is 0.765. The number of rotatable bonds is 8. The third kappa shape index (κ3) is 3.24. The average Bonchev–Trinajstić information content (AvgIpc) is 2.94. The van der Waals surface area contributed by atoms with E-state index in [1.807, 2.05) is 20.8 Å². The van der Waals surface area contributed by atoms with Gasteiger partial charge in [0.2, 0.25) is 0 Å². The van der Waals surface area contributed by atoms with E-state index in [1.54, 1.807) is 13.2 Å². The van der Waals surface area contributed by atoms with Crippen LogP contribution in [0.25, 0.3) is 0 Å². The van der Waals surface area contributed by atoms with Gasteiger partial charge in [0.15, 0.2) is 12.1 Å². The third-order valence-corrected chi connectivity index (χ3v) is 4.57. The van der Waals surface area contributed by atoms with Crippen LogP contribution in [0.5, 0.6) is 0 Å². The quantitative estimate of drug-likeness (QED) is 0.543. The molecule has 2 heterocycles. The summed E-state index contributed by atoms with van der Waals surface area (Å²) in [6.45, 7) is 13.2. The number of hydrogen-bond acceptors (Lipinski definition) is 6. The summed E-state index contributed by atoms with van der Waals surface area (Å²) in [6, 6.07) is 0. The van der Waals surface area contributed by atoms with E-state index in [1.165, 1.54) is 6.08 Å². The maximum atomic E-state index is 10.7. The fourth-order valence-corrected chi connectivity index (χ4v) is 3.52. The van der Waals surface area contributed by atoms with Gasteiger partial charge in [0, 0.05) is 13.0 Å². The van der Waals surface area contributed by atoms with Gasteiger partial charge in [-0.25, -0.2) is 0 Å². The van der Waals surface area contributed by atoms with Crippen LogP contribution in [0, 0.1) is 5.92 Å². The largest absolute Gasteiger partial charge is 0.386 e. The summed E-state index contributed by atoms with van der Waals surface area (Å²) in [5.74, 6) is -0.889. The Labute approximate surface area is 138 Å². The molecule has 2 saturated heterocycles. The molecule has 0 saturated carbocycles. The van der Waals surface area contributed by atoms with Crippen molar-refractivity contribution >= 4 is 0 Å². The third-order valence-electron chi connectivity index (χ3n) is 4.57. The normalized spacial score (nSPS) is 38.0. The van der Waals surface area contributed by atoms with E-state index in [4.69, 9.17) is 23.7 Å². The van der Waals surface area contributed by atoms with Crippen LogP contribution >= 0.6 is 0 Å². The molecule has 6 atom stereocenters. The second-order valence-electron chi connectivity index (χ2n) is 6.50. The zero-order valence-corrected chi connectivity index (χ0v) is 14.4. The van der Waals surface area contributed by atoms with Crippen molar-refractivity contribution in [2.75, 3.05) is 13.9 Å². The Hall–Kier alpha value is -0.760. The molecule has 6 heteroatoms. The SMILES string of the molecule is C=CC[C@H](OCOC)C1(C(O)C=C)O[C@@H]2OC(C)(C)O[C@@H]2[C@H]1C. The smallest absolute Gasteiger partial charge is 0.188 e. The standard InChI is InChI=1S/C17H28O6/c1-7-9-13(20-10-19-6)17(12(18)8-2)11(3)14-15(23-17)22-16(4,5)21-14/h7-8,11-15,18H,1-2,9-10H2,3-6H3/t11-,12?,13+,14-,15+,17?/m1/s1. The molecular weight excluding hydrogens is 300 g/mol. The minimum atomic E-state index is -1.04. The van der Waals surface area contributed by atoms with Crippen LogP contribution in [-0.4, -0.2) is 55.0 Å². The van der Waals surface area contributed by atoms with E-state index >= 15 is 0 Å². The molecule has 23 heavy (non-hydrogen) atoms. The van der Waals surface area contributed by atoms with E-state index in [0.717, 1.165) is 0 Å². The summed E-state index contributed by atoms with van der Waals surface area (Å²) in [7, 11) is 1.55. The molecular formula is C17H28O6. The predicted octanol–water partition coefficient (Wildman–Crippen LogP) is 1.98. The van der Waals surface area contributed by atoms with Crippen LogP contribution in [-0.2, 0) is 23.7 Å². The lowest BCUT2D eigenvalue weighted by atomic mass is 9.77. The molecule has 6 nitrogen and oxygen atoms in total. The molecule has 0 spiro atoms. The summed E-state index contributed by atoms with van der Waals surface area (Å²) in [6.07, 6.45) is 1.40. The Morgan fingerprint density at radius 1 is 1.26 bits per heavy atom. The number of aliphatic hydroxyl groups excluding tert-OH is 1. The van der Waals surface area contributed by atoms with Gasteiger partial charge in [0.25, 0.3) is 0 Å². The summed E-state index contributed by atoms with van der Waals surface area (Å²) in [4.78, 5) is 0. The molecule has 2 fully saturated rings. The molecule has 0 amide bonds. The number of aliphatic hydroxyl groups is 1. The van der Waals surface area contributed by atoms with Crippen LogP contribution in [0.3, 0.4) is 0 Å². The predicted molar refractivity (Wildman–Crippen MR) is 84.6 cm³/mol. The van der Waals surface area contributed by atoms with Crippen LogP contribution in [0.15, 0.2) is 25.3 Å². The van der Waals surface area contributed by atoms with Crippen molar-refractivity contribution in [2.24, 2.45) is 5.92 Å². The molecule has 2 rings (SSSR count). The Bertz CT molecular complexity index is 437. The molecule has 0 aliphatic carbocycles. The van der Waals surface area contributed by atoms with Crippen molar-refractivity contribution in [3.8, 4) is 0 Å². The monoisotopic (exact) mass is 328 g/mol. The van der Waals surface area contributed by atoms with Crippen LogP contribution in [0.1, 0.15) is 27.2 Å². The van der Waals surface area contributed by atoms with Crippen molar-refractivity contribution in [3.05, 3.63) is 25.3 Å². The van der Waals surface area contributed by atoms with Gasteiger partial charge in [-0.1, -0.05) is 19.1 Å². The van der Waals surface area contributed by atoms with Crippen molar-refractivity contribution < 1.29 is 28.8 Å². The molecule has 2 aliphatic heterocycles. The van der Waals surface area contributed by atoms with E-state index < -0.39 is 29.9 Å². The number of methoxy groups -OCH3 is 1. The van der Waals surface area contributed by atoms with Gasteiger partial charge in [-0.15, -0.1) is 13.2 Å². The Kier molecular flexibility index (Phi) is 5.66. The first kappa shape index (κ1) is 18.6. The second-order valence-corrected chi connectivity index (χ2v) is 6.50. The molecule has 0 radical (unpaired) electrons. The molecule has 2 unspecified atom stereocenters. The summed E-state index contributed by atoms with van der Waals surface area (Å²) in [5.41, 5.74) is -1.04. The van der Waals surface area contributed by atoms with Gasteiger partial charge in [0.05, 0.1) is 6.10 Å². The van der Waals surface area contributed by atoms with Crippen molar-refractivity contribution in [1.82, 2.24) is 0 Å². The molecule has 132 valence electrons. The highest BCUT2D eigenvalue weighted by atomic mass is 16.8. The second kappa shape index (κ2) is 7.01. The highest BCUT2D eigenvalue weighted by Gasteiger charge is 2.65. The van der Waals surface area contributed by atoms with Gasteiger partial charge in [-0.3, -0.25) is 0 Å². The lowest BCUT2D eigenvalue weighted by molar-refractivity contribution is -0.277. The van der Waals surface area contributed by atoms with Crippen LogP contribution < -0.4 is 0 Å². The Balaban J connectivity index is 2.33. The maximum Gasteiger partial charge on any atom is 0.188 e. The van der Waals surface area contributed by atoms with Crippen molar-refractivity contribution in [1.29, 1.82) is 0 Å². The maximum absolute atomic E-state index is 10.7. The molecule has 1 N–H and O–H groups in total. The highest BCUT2D eigenvalue weighted by molar-refractivity contribution is 5.13. The lowest BCUT2D eigenvalue weighted by Crippen LogP contribution is -2.57. The van der Waals surface area contributed by atoms with Gasteiger partial charge < -0.3 is 28.8 Å². The summed E-state index contributed by atoms with van der Waals surface area (Å²) >= 11 is 0. The zero-order chi connectivity index (χ0) is 17.3. The van der Waals surface area contributed by atoms with Crippen LogP contribution in [0.2, 0.25) is 0 Å². The van der Waals surface area contributed by atoms with Gasteiger partial charge in [-0.05, 0) is 20.3 Å². The first-order valence-electron chi connectivity index (χ1n) is 7.88. The average molecular weight is 328 g/mol. The molecule has 0 aromatic heterocycles. The van der Waals surface area contributed by atoms with E-state index in [-0.39, 0.29) is 18.8 Å². The van der Waals surface area contributed by atoms with Gasteiger partial charge in [-0.2, -0.15) is 0 Å². The van der Waals surface area contributed by atoms with E-state index in [9.17, 15) is 5.11 Å². The molecule has 0 bridgehead atoms. The summed E-state index contributed by atoms with van der Waals surface area (Å²) in [5, 5.41) is 10.7. The first-order valence-corrected chi connectivity index (χ1v) is 7.88. The number of fused-ring (bicyclic) bond motifs is 1. The number of ether oxygens (including phenoxy) is 5. The molecule has 0 aromatic carbocycles. The van der Waals surface area contributed by atoms with Crippen molar-refractivity contribution in [2.45, 2.75) is 63.2 Å². The van der Waals surface area contributed by atoms with Crippen LogP contribution in [0.4, 0.5) is 0 Å². The minimum absolute atomic E-state index is 0.0861. The lowest BCUT2D eigenvalue weighted by Gasteiger charge is -2.43. The van der Waals surface area contributed by atoms with Gasteiger partial charge >= 0.3 is 0 Å². The van der Waals surface area contributed by atoms with E-state index in [0.29, 0.717) is 6.42 Å². The Morgan fingerprint density at radius 2 is 1.96 bits per heavy atom. The topological polar surface area (TPSA) is 66.4 Å². The Morgan fingerprint density at radius 3 is 2.48 bits per heavy atom. The van der Waals surface area contributed by atoms with Crippen molar-refractivity contribution in [3.63, 3.8) is 0 Å². The molecule has 0 aromatic rings. The first-order chi connectivity index (χ1) is 10.8. The van der Waals surface area contributed by atoms with E-state index in [2.05, 4.69) is 13.2 Å². The molecule has 2 aliphatic rings. The summed E-state index contributed by atoms with van der Waals surface area (Å²) < 4.78 is 28.8. The fourth-order valence-electron chi connectivity index (χ4n) is 3.52.